The Morgan fingerprint density at radius 1 is 0.968 bits per heavy atom. The first kappa shape index (κ1) is 19.0. The Bertz CT molecular complexity index is 1420. The van der Waals surface area contributed by atoms with Crippen molar-refractivity contribution >= 4 is 45.0 Å². The Hall–Kier alpha value is -4.00. The fourth-order valence-electron chi connectivity index (χ4n) is 3.92. The van der Waals surface area contributed by atoms with Gasteiger partial charge in [0.1, 0.15) is 11.3 Å². The molecule has 0 atom stereocenters. The number of hydrazone groups is 1. The second kappa shape index (κ2) is 8.02. The number of para-hydroxylation sites is 1. The summed E-state index contributed by atoms with van der Waals surface area (Å²) in [6.07, 6.45) is 1.75. The van der Waals surface area contributed by atoms with Crippen LogP contribution in [0.1, 0.15) is 19.4 Å². The number of hydrogen-bond acceptors (Lipinski definition) is 6. The largest absolute Gasteiger partial charge is 0.493 e. The van der Waals surface area contributed by atoms with Crippen molar-refractivity contribution < 1.29 is 4.74 Å². The number of nitrogens with one attached hydrogen (secondary N) is 1. The lowest BCUT2D eigenvalue weighted by Gasteiger charge is -2.10. The van der Waals surface area contributed by atoms with Crippen LogP contribution < -0.4 is 10.2 Å². The molecule has 2 heterocycles. The topological polar surface area (TPSA) is 77.2 Å². The van der Waals surface area contributed by atoms with E-state index in [1.165, 1.54) is 0 Å². The molecule has 31 heavy (non-hydrogen) atoms. The normalized spacial score (nSPS) is 11.7. The molecule has 3 aromatic carbocycles. The molecule has 0 radical (unpaired) electrons. The summed E-state index contributed by atoms with van der Waals surface area (Å²) in [6.45, 7) is 5.43. The zero-order chi connectivity index (χ0) is 21.2. The molecule has 5 aromatic rings. The van der Waals surface area contributed by atoms with Gasteiger partial charge in [0, 0.05) is 17.5 Å². The molecule has 0 bridgehead atoms. The molecule has 0 aliphatic carbocycles. The molecule has 7 nitrogen and oxygen atoms in total. The molecule has 0 unspecified atom stereocenters. The molecule has 7 heteroatoms. The minimum Gasteiger partial charge on any atom is -0.493 e. The summed E-state index contributed by atoms with van der Waals surface area (Å²) in [7, 11) is 0. The Morgan fingerprint density at radius 3 is 2.61 bits per heavy atom. The summed E-state index contributed by atoms with van der Waals surface area (Å²) < 4.78 is 7.93. The fourth-order valence-corrected chi connectivity index (χ4v) is 3.92. The van der Waals surface area contributed by atoms with Crippen LogP contribution in [-0.4, -0.2) is 32.6 Å². The van der Waals surface area contributed by atoms with E-state index in [1.54, 1.807) is 6.21 Å². The second-order valence-corrected chi connectivity index (χ2v) is 7.07. The lowest BCUT2D eigenvalue weighted by molar-refractivity contribution is 0.340. The van der Waals surface area contributed by atoms with Crippen molar-refractivity contribution in [3.8, 4) is 5.75 Å². The molecule has 0 fully saturated rings. The number of benzene rings is 3. The average Bonchev–Trinajstić information content (AvgIpc) is 3.13. The molecule has 0 amide bonds. The van der Waals surface area contributed by atoms with Gasteiger partial charge in [-0.1, -0.05) is 48.5 Å². The van der Waals surface area contributed by atoms with Gasteiger partial charge in [0.15, 0.2) is 5.65 Å². The summed E-state index contributed by atoms with van der Waals surface area (Å²) in [5.41, 5.74) is 6.51. The molecule has 5 rings (SSSR count). The summed E-state index contributed by atoms with van der Waals surface area (Å²) >= 11 is 0. The molecule has 0 saturated carbocycles. The van der Waals surface area contributed by atoms with Crippen molar-refractivity contribution in [3.63, 3.8) is 0 Å². The van der Waals surface area contributed by atoms with E-state index in [-0.39, 0.29) is 0 Å². The first-order chi connectivity index (χ1) is 15.3. The standard InChI is InChI=1S/C24H22N6O/c1-3-30-20-12-8-7-11-18(20)22-23(30)26-24(29-27-22)28-25-15-19-17-10-6-5-9-16(17)13-14-21(19)31-4-2/h5-15H,3-4H2,1-2H3,(H,26,28,29)/b25-15+. The van der Waals surface area contributed by atoms with Crippen molar-refractivity contribution in [1.82, 2.24) is 19.7 Å². The van der Waals surface area contributed by atoms with Crippen LogP contribution in [-0.2, 0) is 6.54 Å². The van der Waals surface area contributed by atoms with E-state index < -0.39 is 0 Å². The van der Waals surface area contributed by atoms with Crippen LogP contribution in [0.25, 0.3) is 32.8 Å². The van der Waals surface area contributed by atoms with Crippen molar-refractivity contribution in [2.75, 3.05) is 12.0 Å². The molecular formula is C24H22N6O. The van der Waals surface area contributed by atoms with E-state index in [0.717, 1.165) is 50.7 Å². The van der Waals surface area contributed by atoms with Crippen LogP contribution in [0.3, 0.4) is 0 Å². The number of aromatic nitrogens is 4. The molecule has 0 aliphatic heterocycles. The SMILES string of the molecule is CCOc1ccc2ccccc2c1/C=N/Nc1nnc2c3ccccc3n(CC)c2n1. The number of hydrogen-bond donors (Lipinski definition) is 1. The van der Waals surface area contributed by atoms with Crippen LogP contribution in [0.5, 0.6) is 5.75 Å². The van der Waals surface area contributed by atoms with Gasteiger partial charge in [-0.15, -0.1) is 10.2 Å². The van der Waals surface area contributed by atoms with Gasteiger partial charge in [0.2, 0.25) is 0 Å². The third-order valence-electron chi connectivity index (χ3n) is 5.28. The van der Waals surface area contributed by atoms with Gasteiger partial charge in [-0.05, 0) is 36.8 Å². The Labute approximate surface area is 179 Å². The number of fused-ring (bicyclic) bond motifs is 4. The number of rotatable bonds is 6. The molecule has 1 N–H and O–H groups in total. The van der Waals surface area contributed by atoms with Crippen LogP contribution in [0.15, 0.2) is 65.8 Å². The number of ether oxygens (including phenoxy) is 1. The van der Waals surface area contributed by atoms with Gasteiger partial charge in [-0.3, -0.25) is 0 Å². The summed E-state index contributed by atoms with van der Waals surface area (Å²) in [6, 6.07) is 20.3. The fraction of sp³-hybridized carbons (Fsp3) is 0.167. The monoisotopic (exact) mass is 410 g/mol. The summed E-state index contributed by atoms with van der Waals surface area (Å²) in [4.78, 5) is 4.67. The van der Waals surface area contributed by atoms with Gasteiger partial charge < -0.3 is 9.30 Å². The van der Waals surface area contributed by atoms with Crippen LogP contribution in [0.2, 0.25) is 0 Å². The second-order valence-electron chi connectivity index (χ2n) is 7.07. The number of nitrogens with zero attached hydrogens (tertiary/aromatic N) is 5. The first-order valence-corrected chi connectivity index (χ1v) is 10.4. The van der Waals surface area contributed by atoms with Crippen molar-refractivity contribution in [2.24, 2.45) is 5.10 Å². The maximum Gasteiger partial charge on any atom is 0.265 e. The van der Waals surface area contributed by atoms with E-state index in [1.807, 2.05) is 43.3 Å². The average molecular weight is 410 g/mol. The molecule has 2 aromatic heterocycles. The highest BCUT2D eigenvalue weighted by Gasteiger charge is 2.13. The predicted molar refractivity (Wildman–Crippen MR) is 125 cm³/mol. The number of aryl methyl sites for hydroxylation is 1. The third kappa shape index (κ3) is 3.34. The van der Waals surface area contributed by atoms with Gasteiger partial charge in [0.05, 0.1) is 18.3 Å². The molecular weight excluding hydrogens is 388 g/mol. The van der Waals surface area contributed by atoms with E-state index in [0.29, 0.717) is 12.6 Å². The van der Waals surface area contributed by atoms with Crippen molar-refractivity contribution in [2.45, 2.75) is 20.4 Å². The Kier molecular flexibility index (Phi) is 4.92. The predicted octanol–water partition coefficient (Wildman–Crippen LogP) is 5.00. The number of anilines is 1. The van der Waals surface area contributed by atoms with E-state index in [2.05, 4.69) is 61.5 Å². The van der Waals surface area contributed by atoms with Gasteiger partial charge in [0.25, 0.3) is 5.95 Å². The maximum absolute atomic E-state index is 5.80. The molecule has 0 spiro atoms. The zero-order valence-corrected chi connectivity index (χ0v) is 17.4. The van der Waals surface area contributed by atoms with E-state index in [4.69, 9.17) is 4.74 Å². The minimum absolute atomic E-state index is 0.347. The van der Waals surface area contributed by atoms with Crippen LogP contribution >= 0.6 is 0 Å². The molecule has 0 saturated heterocycles. The van der Waals surface area contributed by atoms with Gasteiger partial charge in [-0.2, -0.15) is 10.1 Å². The third-order valence-corrected chi connectivity index (χ3v) is 5.28. The van der Waals surface area contributed by atoms with Crippen molar-refractivity contribution in [1.29, 1.82) is 0 Å². The Balaban J connectivity index is 1.51. The highest BCUT2D eigenvalue weighted by molar-refractivity contribution is 6.04. The van der Waals surface area contributed by atoms with Crippen LogP contribution in [0.4, 0.5) is 5.95 Å². The van der Waals surface area contributed by atoms with Crippen molar-refractivity contribution in [3.05, 3.63) is 66.2 Å². The van der Waals surface area contributed by atoms with E-state index in [9.17, 15) is 0 Å². The highest BCUT2D eigenvalue weighted by atomic mass is 16.5. The smallest absolute Gasteiger partial charge is 0.265 e. The summed E-state index contributed by atoms with van der Waals surface area (Å²) in [5.74, 6) is 1.13. The highest BCUT2D eigenvalue weighted by Crippen LogP contribution is 2.28. The first-order valence-electron chi connectivity index (χ1n) is 10.4. The quantitative estimate of drug-likeness (QED) is 0.315. The van der Waals surface area contributed by atoms with Gasteiger partial charge >= 0.3 is 0 Å². The summed E-state index contributed by atoms with van der Waals surface area (Å²) in [5, 5.41) is 16.3. The zero-order valence-electron chi connectivity index (χ0n) is 17.4. The van der Waals surface area contributed by atoms with E-state index >= 15 is 0 Å². The lowest BCUT2D eigenvalue weighted by atomic mass is 10.0. The van der Waals surface area contributed by atoms with Gasteiger partial charge in [-0.25, -0.2) is 5.43 Å². The minimum atomic E-state index is 0.347. The molecule has 0 aliphatic rings. The van der Waals surface area contributed by atoms with Crippen LogP contribution in [0, 0.1) is 0 Å². The Morgan fingerprint density at radius 2 is 1.77 bits per heavy atom. The molecule has 154 valence electrons. The maximum atomic E-state index is 5.80. The lowest BCUT2D eigenvalue weighted by Crippen LogP contribution is -2.03.